The van der Waals surface area contributed by atoms with Gasteiger partial charge in [-0.25, -0.2) is 15.0 Å². The van der Waals surface area contributed by atoms with Gasteiger partial charge in [0.2, 0.25) is 5.88 Å². The molecule has 1 aliphatic heterocycles. The fourth-order valence-electron chi connectivity index (χ4n) is 3.13. The molecule has 6 nitrogen and oxygen atoms in total. The molecule has 126 valence electrons. The Bertz CT molecular complexity index is 723. The Labute approximate surface area is 142 Å². The van der Waals surface area contributed by atoms with Crippen LogP contribution in [0.1, 0.15) is 48.8 Å². The maximum absolute atomic E-state index is 5.98. The van der Waals surface area contributed by atoms with Crippen molar-refractivity contribution >= 4 is 5.82 Å². The number of anilines is 1. The van der Waals surface area contributed by atoms with Gasteiger partial charge in [0, 0.05) is 49.8 Å². The van der Waals surface area contributed by atoms with Gasteiger partial charge in [0.15, 0.2) is 0 Å². The molecule has 0 aromatic carbocycles. The number of nitrogens with zero attached hydrogens (tertiary/aromatic N) is 5. The van der Waals surface area contributed by atoms with Crippen molar-refractivity contribution in [2.45, 2.75) is 51.6 Å². The monoisotopic (exact) mass is 325 g/mol. The van der Waals surface area contributed by atoms with Crippen LogP contribution in [0.2, 0.25) is 0 Å². The van der Waals surface area contributed by atoms with Gasteiger partial charge in [-0.1, -0.05) is 0 Å². The zero-order valence-electron chi connectivity index (χ0n) is 14.3. The third kappa shape index (κ3) is 3.47. The largest absolute Gasteiger partial charge is 0.473 e. The Morgan fingerprint density at radius 3 is 2.46 bits per heavy atom. The fourth-order valence-corrected chi connectivity index (χ4v) is 3.13. The van der Waals surface area contributed by atoms with Gasteiger partial charge < -0.3 is 9.64 Å². The zero-order chi connectivity index (χ0) is 16.5. The lowest BCUT2D eigenvalue weighted by atomic mass is 10.1. The fraction of sp³-hybridized carbons (Fsp3) is 0.556. The SMILES string of the molecule is Cc1cncc(OC2CCN(c3cc(C)nc(C4CC4)n3)CC2)n1. The minimum absolute atomic E-state index is 0.197. The number of aryl methyl sites for hydroxylation is 2. The van der Waals surface area contributed by atoms with Gasteiger partial charge in [0.25, 0.3) is 0 Å². The second-order valence-corrected chi connectivity index (χ2v) is 6.80. The molecule has 0 amide bonds. The van der Waals surface area contributed by atoms with Crippen LogP contribution in [0.3, 0.4) is 0 Å². The quantitative estimate of drug-likeness (QED) is 0.861. The molecule has 1 saturated heterocycles. The van der Waals surface area contributed by atoms with E-state index in [1.165, 1.54) is 12.8 Å². The maximum atomic E-state index is 5.98. The van der Waals surface area contributed by atoms with Gasteiger partial charge in [-0.3, -0.25) is 4.98 Å². The number of aromatic nitrogens is 4. The van der Waals surface area contributed by atoms with Gasteiger partial charge in [0.05, 0.1) is 11.9 Å². The van der Waals surface area contributed by atoms with E-state index in [0.717, 1.165) is 49.0 Å². The average molecular weight is 325 g/mol. The van der Waals surface area contributed by atoms with Crippen molar-refractivity contribution in [3.05, 3.63) is 35.7 Å². The number of piperidine rings is 1. The third-order valence-electron chi connectivity index (χ3n) is 4.59. The molecule has 2 fully saturated rings. The standard InChI is InChI=1S/C18H23N5O/c1-12-9-16(22-18(21-12)14-3-4-14)23-7-5-15(6-8-23)24-17-11-19-10-13(2)20-17/h9-11,14-15H,3-8H2,1-2H3. The van der Waals surface area contributed by atoms with Crippen molar-refractivity contribution in [1.82, 2.24) is 19.9 Å². The van der Waals surface area contributed by atoms with Crippen molar-refractivity contribution in [2.24, 2.45) is 0 Å². The molecule has 0 N–H and O–H groups in total. The second-order valence-electron chi connectivity index (χ2n) is 6.80. The molecule has 6 heteroatoms. The van der Waals surface area contributed by atoms with E-state index in [-0.39, 0.29) is 6.10 Å². The van der Waals surface area contributed by atoms with Gasteiger partial charge in [-0.05, 0) is 26.7 Å². The molecule has 0 spiro atoms. The van der Waals surface area contributed by atoms with Crippen LogP contribution >= 0.6 is 0 Å². The van der Waals surface area contributed by atoms with Crippen LogP contribution < -0.4 is 9.64 Å². The second kappa shape index (κ2) is 6.34. The topological polar surface area (TPSA) is 64.0 Å². The van der Waals surface area contributed by atoms with Crippen molar-refractivity contribution in [1.29, 1.82) is 0 Å². The minimum Gasteiger partial charge on any atom is -0.473 e. The van der Waals surface area contributed by atoms with Crippen LogP contribution in [-0.2, 0) is 0 Å². The Morgan fingerprint density at radius 1 is 0.958 bits per heavy atom. The first-order valence-electron chi connectivity index (χ1n) is 8.73. The van der Waals surface area contributed by atoms with E-state index in [0.29, 0.717) is 11.8 Å². The maximum Gasteiger partial charge on any atom is 0.232 e. The van der Waals surface area contributed by atoms with Crippen molar-refractivity contribution in [3.8, 4) is 5.88 Å². The molecule has 1 aliphatic carbocycles. The molecular formula is C18H23N5O. The Morgan fingerprint density at radius 2 is 1.75 bits per heavy atom. The summed E-state index contributed by atoms with van der Waals surface area (Å²) < 4.78 is 5.98. The molecule has 3 heterocycles. The highest BCUT2D eigenvalue weighted by Crippen LogP contribution is 2.38. The predicted octanol–water partition coefficient (Wildman–Crippen LogP) is 2.81. The van der Waals surface area contributed by atoms with Gasteiger partial charge >= 0.3 is 0 Å². The average Bonchev–Trinajstić information content (AvgIpc) is 3.40. The third-order valence-corrected chi connectivity index (χ3v) is 4.59. The lowest BCUT2D eigenvalue weighted by Gasteiger charge is -2.32. The summed E-state index contributed by atoms with van der Waals surface area (Å²) in [4.78, 5) is 20.2. The molecule has 0 atom stereocenters. The first-order chi connectivity index (χ1) is 11.7. The number of rotatable bonds is 4. The summed E-state index contributed by atoms with van der Waals surface area (Å²) >= 11 is 0. The van der Waals surface area contributed by atoms with Crippen LogP contribution in [0.4, 0.5) is 5.82 Å². The van der Waals surface area contributed by atoms with E-state index in [2.05, 4.69) is 32.8 Å². The Hall–Kier alpha value is -2.24. The molecule has 1 saturated carbocycles. The predicted molar refractivity (Wildman–Crippen MR) is 91.4 cm³/mol. The first-order valence-corrected chi connectivity index (χ1v) is 8.73. The summed E-state index contributed by atoms with van der Waals surface area (Å²) in [6.45, 7) is 5.88. The van der Waals surface area contributed by atoms with E-state index >= 15 is 0 Å². The summed E-state index contributed by atoms with van der Waals surface area (Å²) in [6, 6.07) is 2.10. The number of hydrogen-bond donors (Lipinski definition) is 0. The van der Waals surface area contributed by atoms with Crippen LogP contribution in [0, 0.1) is 13.8 Å². The summed E-state index contributed by atoms with van der Waals surface area (Å²) in [5, 5.41) is 0. The van der Waals surface area contributed by atoms with E-state index < -0.39 is 0 Å². The lowest BCUT2D eigenvalue weighted by molar-refractivity contribution is 0.163. The summed E-state index contributed by atoms with van der Waals surface area (Å²) in [5.41, 5.74) is 1.95. The lowest BCUT2D eigenvalue weighted by Crippen LogP contribution is -2.39. The number of ether oxygens (including phenoxy) is 1. The summed E-state index contributed by atoms with van der Waals surface area (Å²) in [6.07, 6.45) is 8.03. The zero-order valence-corrected chi connectivity index (χ0v) is 14.3. The molecule has 2 aromatic rings. The molecule has 0 unspecified atom stereocenters. The summed E-state index contributed by atoms with van der Waals surface area (Å²) in [5.74, 6) is 3.31. The highest BCUT2D eigenvalue weighted by Gasteiger charge is 2.28. The Kier molecular flexibility index (Phi) is 4.04. The van der Waals surface area contributed by atoms with Crippen LogP contribution in [-0.4, -0.2) is 39.1 Å². The van der Waals surface area contributed by atoms with E-state index in [1.54, 1.807) is 12.4 Å². The van der Waals surface area contributed by atoms with E-state index in [1.807, 2.05) is 6.92 Å². The van der Waals surface area contributed by atoms with Crippen LogP contribution in [0.15, 0.2) is 18.5 Å². The molecule has 2 aliphatic rings. The van der Waals surface area contributed by atoms with Gasteiger partial charge in [-0.2, -0.15) is 0 Å². The molecule has 0 radical (unpaired) electrons. The van der Waals surface area contributed by atoms with E-state index in [9.17, 15) is 0 Å². The van der Waals surface area contributed by atoms with Gasteiger partial charge in [-0.15, -0.1) is 0 Å². The molecule has 2 aromatic heterocycles. The number of hydrogen-bond acceptors (Lipinski definition) is 6. The highest BCUT2D eigenvalue weighted by molar-refractivity contribution is 5.41. The highest BCUT2D eigenvalue weighted by atomic mass is 16.5. The van der Waals surface area contributed by atoms with Gasteiger partial charge in [0.1, 0.15) is 17.7 Å². The molecule has 24 heavy (non-hydrogen) atoms. The molecular weight excluding hydrogens is 302 g/mol. The smallest absolute Gasteiger partial charge is 0.232 e. The molecule has 0 bridgehead atoms. The van der Waals surface area contributed by atoms with Crippen molar-refractivity contribution in [3.63, 3.8) is 0 Å². The summed E-state index contributed by atoms with van der Waals surface area (Å²) in [7, 11) is 0. The Balaban J connectivity index is 1.39. The van der Waals surface area contributed by atoms with Crippen molar-refractivity contribution < 1.29 is 4.74 Å². The van der Waals surface area contributed by atoms with Crippen LogP contribution in [0.5, 0.6) is 5.88 Å². The molecule has 4 rings (SSSR count). The first kappa shape index (κ1) is 15.3. The normalized spacial score (nSPS) is 18.7. The minimum atomic E-state index is 0.197. The van der Waals surface area contributed by atoms with E-state index in [4.69, 9.17) is 9.72 Å². The van der Waals surface area contributed by atoms with Crippen LogP contribution in [0.25, 0.3) is 0 Å². The van der Waals surface area contributed by atoms with Crippen molar-refractivity contribution in [2.75, 3.05) is 18.0 Å².